The summed E-state index contributed by atoms with van der Waals surface area (Å²) in [5.41, 5.74) is 4.83. The Balaban J connectivity index is 1.59. The number of halogens is 1. The summed E-state index contributed by atoms with van der Waals surface area (Å²) in [5, 5.41) is 36.7. The lowest BCUT2D eigenvalue weighted by molar-refractivity contribution is 0.125. The van der Waals surface area contributed by atoms with Crippen LogP contribution in [0.2, 0.25) is 0 Å². The Labute approximate surface area is 206 Å². The van der Waals surface area contributed by atoms with E-state index in [1.807, 2.05) is 13.0 Å². The van der Waals surface area contributed by atoms with E-state index < -0.39 is 12.2 Å². The van der Waals surface area contributed by atoms with Crippen molar-refractivity contribution in [2.45, 2.75) is 64.4 Å². The average molecular weight is 488 g/mol. The number of benzene rings is 2. The summed E-state index contributed by atoms with van der Waals surface area (Å²) in [4.78, 5) is 0. The van der Waals surface area contributed by atoms with Crippen LogP contribution in [0.4, 0.5) is 0 Å². The number of aliphatic hydroxyl groups is 3. The van der Waals surface area contributed by atoms with E-state index in [4.69, 9.17) is 21.4 Å². The fraction of sp³-hybridized carbons (Fsp3) is 0.462. The zero-order valence-electron chi connectivity index (χ0n) is 20.0. The van der Waals surface area contributed by atoms with Crippen LogP contribution < -0.4 is 4.74 Å². The molecule has 0 fully saturated rings. The van der Waals surface area contributed by atoms with Crippen molar-refractivity contribution in [1.82, 2.24) is 15.0 Å². The Kier molecular flexibility index (Phi) is 9.08. The standard InChI is InChI=1S/C26H34ClN3O4/c1-18-12-21(9-11-25(18)34-17-24(33)13-27)26(2,3)20-7-4-19(5-8-20)6-10-23(32)15-30-14-22(16-31)28-29-30/h4-5,7-9,11-12,14,23-24,31-33H,6,10,13,15-17H2,1-3H3/t23-,24-/m0/s1. The Morgan fingerprint density at radius 3 is 2.38 bits per heavy atom. The van der Waals surface area contributed by atoms with Gasteiger partial charge in [0.25, 0.3) is 0 Å². The van der Waals surface area contributed by atoms with Gasteiger partial charge >= 0.3 is 0 Å². The van der Waals surface area contributed by atoms with Crippen molar-refractivity contribution in [2.24, 2.45) is 0 Å². The van der Waals surface area contributed by atoms with Gasteiger partial charge in [0.05, 0.1) is 31.3 Å². The van der Waals surface area contributed by atoms with Crippen LogP contribution in [0, 0.1) is 6.92 Å². The average Bonchev–Trinajstić information content (AvgIpc) is 3.29. The van der Waals surface area contributed by atoms with E-state index in [2.05, 4.69) is 60.6 Å². The number of aromatic nitrogens is 3. The second kappa shape index (κ2) is 11.8. The van der Waals surface area contributed by atoms with Gasteiger partial charge in [-0.15, -0.1) is 16.7 Å². The number of aryl methyl sites for hydroxylation is 2. The van der Waals surface area contributed by atoms with Crippen molar-refractivity contribution in [1.29, 1.82) is 0 Å². The minimum Gasteiger partial charge on any atom is -0.491 e. The summed E-state index contributed by atoms with van der Waals surface area (Å²) in [7, 11) is 0. The van der Waals surface area contributed by atoms with E-state index in [1.54, 1.807) is 10.9 Å². The number of hydrogen-bond donors (Lipinski definition) is 3. The van der Waals surface area contributed by atoms with E-state index in [0.717, 1.165) is 23.3 Å². The molecule has 7 nitrogen and oxygen atoms in total. The zero-order valence-corrected chi connectivity index (χ0v) is 20.7. The van der Waals surface area contributed by atoms with Crippen LogP contribution in [0.5, 0.6) is 5.75 Å². The molecule has 0 radical (unpaired) electrons. The molecule has 0 bridgehead atoms. The van der Waals surface area contributed by atoms with Crippen LogP contribution in [-0.4, -0.2) is 55.0 Å². The molecule has 0 amide bonds. The van der Waals surface area contributed by atoms with Gasteiger partial charge in [-0.2, -0.15) is 0 Å². The monoisotopic (exact) mass is 487 g/mol. The second-order valence-corrected chi connectivity index (χ2v) is 9.51. The topological polar surface area (TPSA) is 101 Å². The summed E-state index contributed by atoms with van der Waals surface area (Å²) in [5.74, 6) is 0.892. The minimum atomic E-state index is -0.682. The number of alkyl halides is 1. The van der Waals surface area contributed by atoms with Gasteiger partial charge in [0.1, 0.15) is 24.2 Å². The molecule has 1 heterocycles. The molecule has 3 aromatic rings. The zero-order chi connectivity index (χ0) is 24.7. The Hall–Kier alpha value is -2.45. The van der Waals surface area contributed by atoms with Gasteiger partial charge in [-0.25, -0.2) is 4.68 Å². The van der Waals surface area contributed by atoms with E-state index in [9.17, 15) is 10.2 Å². The molecule has 0 spiro atoms. The van der Waals surface area contributed by atoms with Crippen LogP contribution in [0.15, 0.2) is 48.7 Å². The third-order valence-electron chi connectivity index (χ3n) is 6.09. The van der Waals surface area contributed by atoms with Gasteiger partial charge < -0.3 is 20.1 Å². The lowest BCUT2D eigenvalue weighted by atomic mass is 9.77. The predicted molar refractivity (Wildman–Crippen MR) is 132 cm³/mol. The van der Waals surface area contributed by atoms with Gasteiger partial charge in [0.15, 0.2) is 0 Å². The largest absolute Gasteiger partial charge is 0.491 e. The molecule has 2 atom stereocenters. The molecule has 0 aliphatic rings. The Bertz CT molecular complexity index is 1050. The van der Waals surface area contributed by atoms with Crippen LogP contribution in [0.3, 0.4) is 0 Å². The lowest BCUT2D eigenvalue weighted by Crippen LogP contribution is -2.21. The molecule has 0 saturated heterocycles. The molecule has 0 saturated carbocycles. The van der Waals surface area contributed by atoms with Crippen molar-refractivity contribution in [3.63, 3.8) is 0 Å². The quantitative estimate of drug-likeness (QED) is 0.339. The van der Waals surface area contributed by atoms with E-state index >= 15 is 0 Å². The maximum Gasteiger partial charge on any atom is 0.122 e. The molecule has 0 aliphatic heterocycles. The number of nitrogens with zero attached hydrogens (tertiary/aromatic N) is 3. The number of rotatable bonds is 12. The molecule has 3 rings (SSSR count). The van der Waals surface area contributed by atoms with Crippen LogP contribution in [0.1, 0.15) is 48.2 Å². The van der Waals surface area contributed by atoms with E-state index in [-0.39, 0.29) is 24.5 Å². The van der Waals surface area contributed by atoms with Crippen LogP contribution in [-0.2, 0) is 25.0 Å². The highest BCUT2D eigenvalue weighted by Gasteiger charge is 2.24. The summed E-state index contributed by atoms with van der Waals surface area (Å²) in [6, 6.07) is 14.6. The van der Waals surface area contributed by atoms with Crippen molar-refractivity contribution in [2.75, 3.05) is 12.5 Å². The van der Waals surface area contributed by atoms with Gasteiger partial charge in [0, 0.05) is 5.41 Å². The Morgan fingerprint density at radius 2 is 1.76 bits per heavy atom. The highest BCUT2D eigenvalue weighted by atomic mass is 35.5. The van der Waals surface area contributed by atoms with E-state index in [0.29, 0.717) is 18.7 Å². The first-order valence-electron chi connectivity index (χ1n) is 11.5. The third kappa shape index (κ3) is 6.79. The maximum atomic E-state index is 10.3. The van der Waals surface area contributed by atoms with E-state index in [1.165, 1.54) is 11.1 Å². The number of hydrogen-bond acceptors (Lipinski definition) is 6. The molecule has 1 aromatic heterocycles. The van der Waals surface area contributed by atoms with Crippen LogP contribution in [0.25, 0.3) is 0 Å². The van der Waals surface area contributed by atoms with Gasteiger partial charge in [-0.1, -0.05) is 55.5 Å². The van der Waals surface area contributed by atoms with Crippen molar-refractivity contribution < 1.29 is 20.1 Å². The fourth-order valence-corrected chi connectivity index (χ4v) is 3.92. The molecule has 34 heavy (non-hydrogen) atoms. The van der Waals surface area contributed by atoms with Crippen molar-refractivity contribution in [3.05, 3.63) is 76.6 Å². The highest BCUT2D eigenvalue weighted by Crippen LogP contribution is 2.34. The number of aliphatic hydroxyl groups excluding tert-OH is 3. The fourth-order valence-electron chi connectivity index (χ4n) is 3.83. The van der Waals surface area contributed by atoms with Crippen molar-refractivity contribution in [3.8, 4) is 5.75 Å². The smallest absolute Gasteiger partial charge is 0.122 e. The molecule has 8 heteroatoms. The Morgan fingerprint density at radius 1 is 1.06 bits per heavy atom. The van der Waals surface area contributed by atoms with Gasteiger partial charge in [-0.3, -0.25) is 0 Å². The summed E-state index contributed by atoms with van der Waals surface area (Å²) < 4.78 is 7.25. The second-order valence-electron chi connectivity index (χ2n) is 9.20. The molecule has 184 valence electrons. The summed E-state index contributed by atoms with van der Waals surface area (Å²) >= 11 is 5.64. The minimum absolute atomic E-state index is 0.145. The maximum absolute atomic E-state index is 10.3. The number of ether oxygens (including phenoxy) is 1. The predicted octanol–water partition coefficient (Wildman–Crippen LogP) is 3.38. The van der Waals surface area contributed by atoms with Gasteiger partial charge in [-0.05, 0) is 48.1 Å². The molecule has 0 unspecified atom stereocenters. The lowest BCUT2D eigenvalue weighted by Gasteiger charge is -2.27. The highest BCUT2D eigenvalue weighted by molar-refractivity contribution is 6.18. The normalized spacial score (nSPS) is 13.6. The molecular weight excluding hydrogens is 454 g/mol. The molecule has 3 N–H and O–H groups in total. The summed E-state index contributed by atoms with van der Waals surface area (Å²) in [6.45, 7) is 6.75. The van der Waals surface area contributed by atoms with Crippen molar-refractivity contribution >= 4 is 11.6 Å². The van der Waals surface area contributed by atoms with Gasteiger partial charge in [0.2, 0.25) is 0 Å². The first-order chi connectivity index (χ1) is 16.2. The molecule has 2 aromatic carbocycles. The SMILES string of the molecule is Cc1cc(C(C)(C)c2ccc(CC[C@H](O)Cn3cc(CO)nn3)cc2)ccc1OC[C@@H](O)CCl. The van der Waals surface area contributed by atoms with Crippen LogP contribution >= 0.6 is 11.6 Å². The third-order valence-corrected chi connectivity index (χ3v) is 6.45. The summed E-state index contributed by atoms with van der Waals surface area (Å²) in [6.07, 6.45) is 1.78. The first-order valence-corrected chi connectivity index (χ1v) is 12.0. The molecule has 0 aliphatic carbocycles. The molecular formula is C26H34ClN3O4. The first kappa shape index (κ1) is 26.2.